The fourth-order valence-corrected chi connectivity index (χ4v) is 3.79. The van der Waals surface area contributed by atoms with Gasteiger partial charge in [-0.1, -0.05) is 20.8 Å². The summed E-state index contributed by atoms with van der Waals surface area (Å²) in [6, 6.07) is 4.70. The molecule has 0 saturated heterocycles. The van der Waals surface area contributed by atoms with Gasteiger partial charge in [0.1, 0.15) is 0 Å². The minimum absolute atomic E-state index is 0.512. The van der Waals surface area contributed by atoms with Crippen molar-refractivity contribution in [3.8, 4) is 11.4 Å². The molecular formula is C20H29N3. The van der Waals surface area contributed by atoms with Crippen LogP contribution in [-0.4, -0.2) is 22.2 Å². The van der Waals surface area contributed by atoms with Crippen LogP contribution in [-0.2, 0) is 12.8 Å². The minimum Gasteiger partial charge on any atom is -0.360 e. The summed E-state index contributed by atoms with van der Waals surface area (Å²) in [5.74, 6) is 0.879. The summed E-state index contributed by atoms with van der Waals surface area (Å²) < 4.78 is 0. The Morgan fingerprint density at radius 3 is 2.48 bits per heavy atom. The van der Waals surface area contributed by atoms with Gasteiger partial charge in [0.25, 0.3) is 0 Å². The van der Waals surface area contributed by atoms with E-state index in [0.29, 0.717) is 6.04 Å². The number of hydrogen-bond acceptors (Lipinski definition) is 1. The minimum atomic E-state index is 0.512. The van der Waals surface area contributed by atoms with Gasteiger partial charge < -0.3 is 9.97 Å². The van der Waals surface area contributed by atoms with Gasteiger partial charge in [-0.05, 0) is 67.7 Å². The molecule has 1 aliphatic carbocycles. The van der Waals surface area contributed by atoms with E-state index in [1.807, 2.05) is 6.20 Å². The number of H-pyrrole nitrogens is 2. The normalized spacial score (nSPS) is 22.0. The first-order valence-corrected chi connectivity index (χ1v) is 9.13. The molecule has 2 N–H and O–H groups in total. The molecule has 0 radical (unpaired) electrons. The van der Waals surface area contributed by atoms with E-state index in [1.54, 1.807) is 0 Å². The molecule has 0 aromatic carbocycles. The standard InChI is InChI=1S/C20H29N3/c1-4-16-17(5-2)20(18-7-6-12-21-18)23-19(16)13-22-15-10-8-14(3)9-11-15/h6-7,12-15,21,23H,4-5,8-11H2,1-3H3. The number of nitrogens with one attached hydrogen (secondary N) is 2. The molecule has 0 aliphatic heterocycles. The van der Waals surface area contributed by atoms with Crippen molar-refractivity contribution in [2.24, 2.45) is 10.9 Å². The predicted octanol–water partition coefficient (Wildman–Crippen LogP) is 5.13. The average Bonchev–Trinajstić information content (AvgIpc) is 3.21. The number of hydrogen-bond donors (Lipinski definition) is 2. The van der Waals surface area contributed by atoms with Gasteiger partial charge in [0.2, 0.25) is 0 Å². The zero-order chi connectivity index (χ0) is 16.2. The first kappa shape index (κ1) is 16.1. The third-order valence-electron chi connectivity index (χ3n) is 5.23. The number of rotatable bonds is 5. The summed E-state index contributed by atoms with van der Waals surface area (Å²) in [6.45, 7) is 6.83. The van der Waals surface area contributed by atoms with Crippen molar-refractivity contribution in [2.75, 3.05) is 0 Å². The molecule has 1 aliphatic rings. The first-order chi connectivity index (χ1) is 11.2. The molecule has 0 atom stereocenters. The van der Waals surface area contributed by atoms with Gasteiger partial charge in [0.05, 0.1) is 23.1 Å². The summed E-state index contributed by atoms with van der Waals surface area (Å²) in [5, 5.41) is 0. The van der Waals surface area contributed by atoms with Crippen LogP contribution < -0.4 is 0 Å². The van der Waals surface area contributed by atoms with Crippen LogP contribution in [0, 0.1) is 5.92 Å². The van der Waals surface area contributed by atoms with Crippen LogP contribution in [0.15, 0.2) is 23.3 Å². The Hall–Kier alpha value is -1.77. The Balaban J connectivity index is 1.87. The maximum absolute atomic E-state index is 4.90. The van der Waals surface area contributed by atoms with E-state index in [-0.39, 0.29) is 0 Å². The maximum atomic E-state index is 4.90. The van der Waals surface area contributed by atoms with Crippen LogP contribution in [0.3, 0.4) is 0 Å². The van der Waals surface area contributed by atoms with Crippen molar-refractivity contribution in [2.45, 2.75) is 65.3 Å². The second kappa shape index (κ2) is 7.20. The van der Waals surface area contributed by atoms with Crippen LogP contribution in [0.1, 0.15) is 63.3 Å². The molecule has 3 heteroatoms. The Morgan fingerprint density at radius 2 is 1.87 bits per heavy atom. The third-order valence-corrected chi connectivity index (χ3v) is 5.23. The fraction of sp³-hybridized carbons (Fsp3) is 0.550. The summed E-state index contributed by atoms with van der Waals surface area (Å²) in [5.41, 5.74) is 6.45. The molecular weight excluding hydrogens is 282 g/mol. The fourth-order valence-electron chi connectivity index (χ4n) is 3.79. The molecule has 0 spiro atoms. The van der Waals surface area contributed by atoms with Crippen LogP contribution in [0.5, 0.6) is 0 Å². The lowest BCUT2D eigenvalue weighted by atomic mass is 9.88. The molecule has 0 amide bonds. The molecule has 23 heavy (non-hydrogen) atoms. The molecule has 1 fully saturated rings. The van der Waals surface area contributed by atoms with E-state index in [4.69, 9.17) is 4.99 Å². The van der Waals surface area contributed by atoms with Gasteiger partial charge in [-0.2, -0.15) is 0 Å². The molecule has 1 saturated carbocycles. The topological polar surface area (TPSA) is 43.9 Å². The summed E-state index contributed by atoms with van der Waals surface area (Å²) >= 11 is 0. The van der Waals surface area contributed by atoms with E-state index in [2.05, 4.69) is 49.1 Å². The Kier molecular flexibility index (Phi) is 5.04. The van der Waals surface area contributed by atoms with Crippen molar-refractivity contribution >= 4 is 6.21 Å². The lowest BCUT2D eigenvalue weighted by Gasteiger charge is -2.22. The zero-order valence-corrected chi connectivity index (χ0v) is 14.7. The average molecular weight is 311 g/mol. The highest BCUT2D eigenvalue weighted by Crippen LogP contribution is 2.29. The highest BCUT2D eigenvalue weighted by Gasteiger charge is 2.18. The van der Waals surface area contributed by atoms with Crippen molar-refractivity contribution in [3.63, 3.8) is 0 Å². The Labute approximate surface area is 139 Å². The van der Waals surface area contributed by atoms with Crippen LogP contribution >= 0.6 is 0 Å². The smallest absolute Gasteiger partial charge is 0.0659 e. The SMILES string of the molecule is CCc1c(C=NC2CCC(C)CC2)[nH]c(-c2ccc[nH]2)c1CC. The number of aromatic amines is 2. The second-order valence-electron chi connectivity index (χ2n) is 6.85. The lowest BCUT2D eigenvalue weighted by Crippen LogP contribution is -2.15. The molecule has 124 valence electrons. The predicted molar refractivity (Wildman–Crippen MR) is 98.3 cm³/mol. The summed E-state index contributed by atoms with van der Waals surface area (Å²) in [6.07, 6.45) is 11.3. The van der Waals surface area contributed by atoms with E-state index in [0.717, 1.165) is 18.8 Å². The van der Waals surface area contributed by atoms with E-state index < -0.39 is 0 Å². The van der Waals surface area contributed by atoms with Crippen molar-refractivity contribution in [1.29, 1.82) is 0 Å². The Morgan fingerprint density at radius 1 is 1.13 bits per heavy atom. The number of aliphatic imine (C=N–C) groups is 1. The van der Waals surface area contributed by atoms with Gasteiger partial charge in [-0.15, -0.1) is 0 Å². The van der Waals surface area contributed by atoms with E-state index in [1.165, 1.54) is 53.9 Å². The van der Waals surface area contributed by atoms with Gasteiger partial charge in [-0.3, -0.25) is 4.99 Å². The van der Waals surface area contributed by atoms with E-state index in [9.17, 15) is 0 Å². The van der Waals surface area contributed by atoms with E-state index >= 15 is 0 Å². The molecule has 2 heterocycles. The Bertz CT molecular complexity index is 641. The number of nitrogens with zero attached hydrogens (tertiary/aromatic N) is 1. The third kappa shape index (κ3) is 3.44. The molecule has 0 unspecified atom stereocenters. The summed E-state index contributed by atoms with van der Waals surface area (Å²) in [4.78, 5) is 11.8. The van der Waals surface area contributed by atoms with Gasteiger partial charge in [-0.25, -0.2) is 0 Å². The van der Waals surface area contributed by atoms with Gasteiger partial charge >= 0.3 is 0 Å². The molecule has 2 aromatic rings. The zero-order valence-electron chi connectivity index (χ0n) is 14.7. The van der Waals surface area contributed by atoms with Gasteiger partial charge in [0.15, 0.2) is 0 Å². The highest BCUT2D eigenvalue weighted by atomic mass is 14.8. The molecule has 0 bridgehead atoms. The largest absolute Gasteiger partial charge is 0.360 e. The van der Waals surface area contributed by atoms with Gasteiger partial charge in [0, 0.05) is 12.4 Å². The lowest BCUT2D eigenvalue weighted by molar-refractivity contribution is 0.350. The first-order valence-electron chi connectivity index (χ1n) is 9.13. The quantitative estimate of drug-likeness (QED) is 0.719. The maximum Gasteiger partial charge on any atom is 0.0659 e. The molecule has 3 nitrogen and oxygen atoms in total. The van der Waals surface area contributed by atoms with Crippen molar-refractivity contribution < 1.29 is 0 Å². The van der Waals surface area contributed by atoms with Crippen molar-refractivity contribution in [3.05, 3.63) is 35.2 Å². The summed E-state index contributed by atoms with van der Waals surface area (Å²) in [7, 11) is 0. The second-order valence-corrected chi connectivity index (χ2v) is 6.85. The highest BCUT2D eigenvalue weighted by molar-refractivity contribution is 5.83. The molecule has 2 aromatic heterocycles. The molecule has 3 rings (SSSR count). The van der Waals surface area contributed by atoms with Crippen LogP contribution in [0.25, 0.3) is 11.4 Å². The monoisotopic (exact) mass is 311 g/mol. The number of aromatic nitrogens is 2. The van der Waals surface area contributed by atoms with Crippen LogP contribution in [0.2, 0.25) is 0 Å². The van der Waals surface area contributed by atoms with Crippen molar-refractivity contribution in [1.82, 2.24) is 9.97 Å². The van der Waals surface area contributed by atoms with Crippen LogP contribution in [0.4, 0.5) is 0 Å².